The molecule has 2 rings (SSSR count). The maximum atomic E-state index is 11.8. The monoisotopic (exact) mass is 324 g/mol. The third kappa shape index (κ3) is 5.00. The highest BCUT2D eigenvalue weighted by molar-refractivity contribution is 5.75. The number of hydrogen-bond acceptors (Lipinski definition) is 6. The molecular weight excluding hydrogens is 300 g/mol. The van der Waals surface area contributed by atoms with Crippen LogP contribution in [0, 0.1) is 0 Å². The van der Waals surface area contributed by atoms with E-state index < -0.39 is 30.1 Å². The Labute approximate surface area is 136 Å². The molecule has 23 heavy (non-hydrogen) atoms. The Morgan fingerprint density at radius 1 is 1.30 bits per heavy atom. The lowest BCUT2D eigenvalue weighted by Crippen LogP contribution is -2.36. The lowest BCUT2D eigenvalue weighted by molar-refractivity contribution is -0.168. The summed E-state index contributed by atoms with van der Waals surface area (Å²) in [5.74, 6) is -1.36. The number of carbonyl (C=O) groups excluding carboxylic acids is 1. The van der Waals surface area contributed by atoms with Gasteiger partial charge in [0.2, 0.25) is 0 Å². The average Bonchev–Trinajstić information content (AvgIpc) is 2.86. The molecule has 0 aliphatic carbocycles. The molecule has 0 spiro atoms. The summed E-state index contributed by atoms with van der Waals surface area (Å²) in [6, 6.07) is 9.68. The van der Waals surface area contributed by atoms with E-state index in [1.165, 1.54) is 7.11 Å². The summed E-state index contributed by atoms with van der Waals surface area (Å²) in [5, 5.41) is 9.54. The van der Waals surface area contributed by atoms with Crippen LogP contribution in [0.5, 0.6) is 0 Å². The Bertz CT molecular complexity index is 501. The second kappa shape index (κ2) is 7.88. The molecule has 0 radical (unpaired) electrons. The molecule has 1 saturated heterocycles. The smallest absolute Gasteiger partial charge is 0.337 e. The Hall–Kier alpha value is -1.47. The van der Waals surface area contributed by atoms with Gasteiger partial charge in [-0.05, 0) is 19.4 Å². The van der Waals surface area contributed by atoms with Gasteiger partial charge in [0.05, 0.1) is 26.4 Å². The molecule has 3 atom stereocenters. The molecule has 1 aliphatic heterocycles. The van der Waals surface area contributed by atoms with E-state index in [1.807, 2.05) is 30.3 Å². The second-order valence-corrected chi connectivity index (χ2v) is 5.95. The molecule has 1 fully saturated rings. The molecule has 0 unspecified atom stereocenters. The van der Waals surface area contributed by atoms with Gasteiger partial charge in [0.25, 0.3) is 0 Å². The summed E-state index contributed by atoms with van der Waals surface area (Å²) in [4.78, 5) is 11.8. The lowest BCUT2D eigenvalue weighted by atomic mass is 10.1. The van der Waals surface area contributed by atoms with Crippen LogP contribution in [0.1, 0.15) is 25.8 Å². The average molecular weight is 324 g/mol. The van der Waals surface area contributed by atoms with E-state index in [-0.39, 0.29) is 6.61 Å². The number of esters is 1. The highest BCUT2D eigenvalue weighted by Gasteiger charge is 2.46. The summed E-state index contributed by atoms with van der Waals surface area (Å²) in [6.07, 6.45) is -1.45. The van der Waals surface area contributed by atoms with Crippen molar-refractivity contribution in [3.63, 3.8) is 0 Å². The summed E-state index contributed by atoms with van der Waals surface area (Å²) in [7, 11) is 1.31. The summed E-state index contributed by atoms with van der Waals surface area (Å²) in [6.45, 7) is 3.69. The molecule has 0 saturated carbocycles. The van der Waals surface area contributed by atoms with Gasteiger partial charge in [-0.25, -0.2) is 4.79 Å². The summed E-state index contributed by atoms with van der Waals surface area (Å²) < 4.78 is 21.8. The van der Waals surface area contributed by atoms with Crippen molar-refractivity contribution in [2.45, 2.75) is 51.0 Å². The third-order valence-electron chi connectivity index (χ3n) is 3.64. The SMILES string of the molecule is COC(=O)[C@H]1OC(C)(C)O[C@H]1C[C@@H](CO)OCc1ccccc1. The minimum absolute atomic E-state index is 0.166. The van der Waals surface area contributed by atoms with Gasteiger partial charge in [0.15, 0.2) is 11.9 Å². The first kappa shape index (κ1) is 17.9. The molecule has 0 amide bonds. The van der Waals surface area contributed by atoms with Crippen LogP contribution in [0.4, 0.5) is 0 Å². The van der Waals surface area contributed by atoms with E-state index in [9.17, 15) is 9.90 Å². The van der Waals surface area contributed by atoms with Crippen molar-refractivity contribution in [3.05, 3.63) is 35.9 Å². The number of aliphatic hydroxyl groups excluding tert-OH is 1. The zero-order chi connectivity index (χ0) is 16.9. The largest absolute Gasteiger partial charge is 0.467 e. The van der Waals surface area contributed by atoms with Crippen molar-refractivity contribution >= 4 is 5.97 Å². The number of methoxy groups -OCH3 is 1. The van der Waals surface area contributed by atoms with Crippen molar-refractivity contribution in [1.82, 2.24) is 0 Å². The molecule has 0 bridgehead atoms. The Morgan fingerprint density at radius 2 is 2.00 bits per heavy atom. The van der Waals surface area contributed by atoms with Crippen molar-refractivity contribution < 1.29 is 28.8 Å². The molecular formula is C17H24O6. The number of hydrogen-bond donors (Lipinski definition) is 1. The Balaban J connectivity index is 1.95. The predicted molar refractivity (Wildman–Crippen MR) is 82.6 cm³/mol. The number of carbonyl (C=O) groups is 1. The molecule has 0 aromatic heterocycles. The number of benzene rings is 1. The predicted octanol–water partition coefficient (Wildman–Crippen LogP) is 1.65. The quantitative estimate of drug-likeness (QED) is 0.769. The van der Waals surface area contributed by atoms with Crippen LogP contribution < -0.4 is 0 Å². The van der Waals surface area contributed by atoms with Gasteiger partial charge in [-0.15, -0.1) is 0 Å². The Kier molecular flexibility index (Phi) is 6.12. The highest BCUT2D eigenvalue weighted by atomic mass is 16.8. The molecule has 1 aromatic carbocycles. The van der Waals surface area contributed by atoms with Gasteiger partial charge in [-0.2, -0.15) is 0 Å². The minimum atomic E-state index is -0.872. The zero-order valence-electron chi connectivity index (χ0n) is 13.7. The van der Waals surface area contributed by atoms with E-state index in [0.29, 0.717) is 13.0 Å². The topological polar surface area (TPSA) is 74.2 Å². The van der Waals surface area contributed by atoms with E-state index in [2.05, 4.69) is 0 Å². The minimum Gasteiger partial charge on any atom is -0.467 e. The maximum absolute atomic E-state index is 11.8. The fraction of sp³-hybridized carbons (Fsp3) is 0.588. The van der Waals surface area contributed by atoms with Gasteiger partial charge in [0.1, 0.15) is 6.10 Å². The van der Waals surface area contributed by atoms with Gasteiger partial charge in [0, 0.05) is 6.42 Å². The van der Waals surface area contributed by atoms with E-state index in [0.717, 1.165) is 5.56 Å². The van der Waals surface area contributed by atoms with E-state index >= 15 is 0 Å². The standard InChI is InChI=1S/C17H24O6/c1-17(2)22-14(15(23-17)16(19)20-3)9-13(10-18)21-11-12-7-5-4-6-8-12/h4-8,13-15,18H,9-11H2,1-3H3/t13-,14-,15-/m0/s1. The highest BCUT2D eigenvalue weighted by Crippen LogP contribution is 2.31. The van der Waals surface area contributed by atoms with Crippen LogP contribution in [0.25, 0.3) is 0 Å². The van der Waals surface area contributed by atoms with E-state index in [4.69, 9.17) is 18.9 Å². The first-order chi connectivity index (χ1) is 10.9. The van der Waals surface area contributed by atoms with Crippen LogP contribution in [0.15, 0.2) is 30.3 Å². The van der Waals surface area contributed by atoms with Gasteiger partial charge in [-0.3, -0.25) is 0 Å². The molecule has 6 nitrogen and oxygen atoms in total. The van der Waals surface area contributed by atoms with Gasteiger partial charge in [-0.1, -0.05) is 30.3 Å². The van der Waals surface area contributed by atoms with Crippen LogP contribution >= 0.6 is 0 Å². The van der Waals surface area contributed by atoms with Gasteiger partial charge < -0.3 is 24.1 Å². The maximum Gasteiger partial charge on any atom is 0.337 e. The molecule has 1 aromatic rings. The fourth-order valence-corrected chi connectivity index (χ4v) is 2.57. The number of rotatable bonds is 7. The van der Waals surface area contributed by atoms with Crippen LogP contribution in [-0.4, -0.2) is 48.9 Å². The van der Waals surface area contributed by atoms with Crippen LogP contribution in [0.2, 0.25) is 0 Å². The first-order valence-electron chi connectivity index (χ1n) is 7.65. The Morgan fingerprint density at radius 3 is 2.61 bits per heavy atom. The zero-order valence-corrected chi connectivity index (χ0v) is 13.7. The number of aliphatic hydroxyl groups is 1. The first-order valence-corrected chi connectivity index (χ1v) is 7.65. The van der Waals surface area contributed by atoms with E-state index in [1.54, 1.807) is 13.8 Å². The molecule has 6 heteroatoms. The van der Waals surface area contributed by atoms with Gasteiger partial charge >= 0.3 is 5.97 Å². The molecule has 1 aliphatic rings. The van der Waals surface area contributed by atoms with Crippen molar-refractivity contribution in [3.8, 4) is 0 Å². The van der Waals surface area contributed by atoms with Crippen LogP contribution in [0.3, 0.4) is 0 Å². The van der Waals surface area contributed by atoms with Crippen LogP contribution in [-0.2, 0) is 30.3 Å². The van der Waals surface area contributed by atoms with Crippen molar-refractivity contribution in [1.29, 1.82) is 0 Å². The molecule has 1 N–H and O–H groups in total. The molecule has 128 valence electrons. The third-order valence-corrected chi connectivity index (χ3v) is 3.64. The second-order valence-electron chi connectivity index (χ2n) is 5.95. The molecule has 1 heterocycles. The normalized spacial score (nSPS) is 24.3. The number of ether oxygens (including phenoxy) is 4. The summed E-state index contributed by atoms with van der Waals surface area (Å²) in [5.41, 5.74) is 1.01. The van der Waals surface area contributed by atoms with Crippen molar-refractivity contribution in [2.24, 2.45) is 0 Å². The van der Waals surface area contributed by atoms with Crippen molar-refractivity contribution in [2.75, 3.05) is 13.7 Å². The lowest BCUT2D eigenvalue weighted by Gasteiger charge is -2.21. The summed E-state index contributed by atoms with van der Waals surface area (Å²) >= 11 is 0. The fourth-order valence-electron chi connectivity index (χ4n) is 2.57.